The molecule has 2 aromatic heterocycles. The Bertz CT molecular complexity index is 1250. The highest BCUT2D eigenvalue weighted by Gasteiger charge is 2.15. The number of carbonyl (C=O) groups excluding carboxylic acids is 1. The molecule has 0 bridgehead atoms. The molecule has 2 aromatic carbocycles. The van der Waals surface area contributed by atoms with Gasteiger partial charge in [0.1, 0.15) is 16.3 Å². The van der Waals surface area contributed by atoms with E-state index < -0.39 is 0 Å². The zero-order valence-electron chi connectivity index (χ0n) is 17.1. The van der Waals surface area contributed by atoms with E-state index in [9.17, 15) is 4.79 Å². The molecule has 0 spiro atoms. The van der Waals surface area contributed by atoms with Crippen LogP contribution in [0.15, 0.2) is 53.2 Å². The number of hydrogen-bond acceptors (Lipinski definition) is 6. The van der Waals surface area contributed by atoms with Gasteiger partial charge in [0.05, 0.1) is 13.4 Å². The van der Waals surface area contributed by atoms with Gasteiger partial charge in [0.2, 0.25) is 11.0 Å². The molecule has 0 aliphatic rings. The molecule has 4 rings (SSSR count). The summed E-state index contributed by atoms with van der Waals surface area (Å²) in [6.07, 6.45) is 3.29. The van der Waals surface area contributed by atoms with Gasteiger partial charge in [0.15, 0.2) is 0 Å². The van der Waals surface area contributed by atoms with Crippen LogP contribution in [0, 0.1) is 13.8 Å². The van der Waals surface area contributed by atoms with Crippen molar-refractivity contribution in [3.63, 3.8) is 0 Å². The summed E-state index contributed by atoms with van der Waals surface area (Å²) in [5.41, 5.74) is 5.58. The summed E-state index contributed by atoms with van der Waals surface area (Å²) in [4.78, 5) is 12.4. The van der Waals surface area contributed by atoms with Gasteiger partial charge in [-0.3, -0.25) is 10.1 Å². The molecule has 0 fully saturated rings. The zero-order valence-corrected chi connectivity index (χ0v) is 18.0. The number of carbonyl (C=O) groups is 1. The standard InChI is InChI=1S/C23H21N3O3S/c1-13-5-7-16(8-6-13)19-12-29-21-11-20(28-4)17(10-18(19)21)14(2)9-22(27)24-23-26-25-15(3)30-23/h5-12H,1-4H3,(H,24,26,27)/b14-9+. The van der Waals surface area contributed by atoms with Crippen molar-refractivity contribution in [2.24, 2.45) is 0 Å². The number of amides is 1. The SMILES string of the molecule is COc1cc2occ(-c3ccc(C)cc3)c2cc1/C(C)=C/C(=O)Nc1nnc(C)s1. The molecule has 1 amide bonds. The number of hydrogen-bond donors (Lipinski definition) is 1. The smallest absolute Gasteiger partial charge is 0.250 e. The summed E-state index contributed by atoms with van der Waals surface area (Å²) in [5.74, 6) is 0.373. The Morgan fingerprint density at radius 1 is 1.17 bits per heavy atom. The van der Waals surface area contributed by atoms with Crippen LogP contribution in [0.1, 0.15) is 23.1 Å². The van der Waals surface area contributed by atoms with Gasteiger partial charge in [-0.05, 0) is 38.0 Å². The number of furan rings is 1. The lowest BCUT2D eigenvalue weighted by atomic mass is 9.99. The van der Waals surface area contributed by atoms with E-state index in [2.05, 4.69) is 46.7 Å². The van der Waals surface area contributed by atoms with Crippen LogP contribution < -0.4 is 10.1 Å². The number of methoxy groups -OCH3 is 1. The molecule has 0 saturated heterocycles. The first kappa shape index (κ1) is 19.8. The Morgan fingerprint density at radius 3 is 2.60 bits per heavy atom. The minimum Gasteiger partial charge on any atom is -0.496 e. The number of nitrogens with one attached hydrogen (secondary N) is 1. The van der Waals surface area contributed by atoms with Gasteiger partial charge in [0.25, 0.3) is 0 Å². The van der Waals surface area contributed by atoms with Crippen molar-refractivity contribution in [1.82, 2.24) is 10.2 Å². The fraction of sp³-hybridized carbons (Fsp3) is 0.174. The average molecular weight is 420 g/mol. The fourth-order valence-electron chi connectivity index (χ4n) is 3.25. The van der Waals surface area contributed by atoms with Crippen molar-refractivity contribution in [1.29, 1.82) is 0 Å². The average Bonchev–Trinajstić information content (AvgIpc) is 3.32. The quantitative estimate of drug-likeness (QED) is 0.425. The highest BCUT2D eigenvalue weighted by atomic mass is 32.1. The predicted molar refractivity (Wildman–Crippen MR) is 120 cm³/mol. The van der Waals surface area contributed by atoms with Crippen LogP contribution >= 0.6 is 11.3 Å². The van der Waals surface area contributed by atoms with Crippen LogP contribution in [0.3, 0.4) is 0 Å². The Kier molecular flexibility index (Phi) is 5.37. The molecular weight excluding hydrogens is 398 g/mol. The Balaban J connectivity index is 1.72. The van der Waals surface area contributed by atoms with Gasteiger partial charge in [0, 0.05) is 28.7 Å². The molecule has 0 unspecified atom stereocenters. The summed E-state index contributed by atoms with van der Waals surface area (Å²) in [6.45, 7) is 5.77. The summed E-state index contributed by atoms with van der Waals surface area (Å²) >= 11 is 1.33. The third kappa shape index (κ3) is 3.97. The summed E-state index contributed by atoms with van der Waals surface area (Å²) in [5, 5.41) is 12.8. The maximum absolute atomic E-state index is 12.4. The second-order valence-electron chi connectivity index (χ2n) is 7.01. The van der Waals surface area contributed by atoms with Crippen molar-refractivity contribution < 1.29 is 13.9 Å². The fourth-order valence-corrected chi connectivity index (χ4v) is 3.85. The van der Waals surface area contributed by atoms with Gasteiger partial charge < -0.3 is 9.15 Å². The molecule has 0 radical (unpaired) electrons. The van der Waals surface area contributed by atoms with Crippen LogP contribution in [0.4, 0.5) is 5.13 Å². The van der Waals surface area contributed by atoms with Gasteiger partial charge in [-0.25, -0.2) is 0 Å². The van der Waals surface area contributed by atoms with E-state index >= 15 is 0 Å². The molecule has 1 N–H and O–H groups in total. The van der Waals surface area contributed by atoms with Crippen LogP contribution in [-0.2, 0) is 4.79 Å². The maximum atomic E-state index is 12.4. The summed E-state index contributed by atoms with van der Waals surface area (Å²) in [7, 11) is 1.60. The Labute approximate surface area is 178 Å². The zero-order chi connectivity index (χ0) is 21.3. The molecule has 4 aromatic rings. The molecule has 6 nitrogen and oxygen atoms in total. The van der Waals surface area contributed by atoms with E-state index in [-0.39, 0.29) is 5.91 Å². The first-order valence-corrected chi connectivity index (χ1v) is 10.2. The summed E-state index contributed by atoms with van der Waals surface area (Å²) in [6, 6.07) is 12.1. The minimum absolute atomic E-state index is 0.267. The number of nitrogens with zero attached hydrogens (tertiary/aromatic N) is 2. The molecule has 0 aliphatic carbocycles. The number of anilines is 1. The van der Waals surface area contributed by atoms with Crippen molar-refractivity contribution in [2.75, 3.05) is 12.4 Å². The predicted octanol–water partition coefficient (Wildman–Crippen LogP) is 5.62. The number of allylic oxidation sites excluding steroid dienone is 1. The minimum atomic E-state index is -0.267. The molecule has 0 saturated carbocycles. The first-order chi connectivity index (χ1) is 14.4. The highest BCUT2D eigenvalue weighted by molar-refractivity contribution is 7.15. The Hall–Kier alpha value is -3.45. The first-order valence-electron chi connectivity index (χ1n) is 9.40. The van der Waals surface area contributed by atoms with Gasteiger partial charge in [-0.2, -0.15) is 0 Å². The number of aryl methyl sites for hydroxylation is 2. The van der Waals surface area contributed by atoms with Crippen molar-refractivity contribution in [3.8, 4) is 16.9 Å². The van der Waals surface area contributed by atoms with E-state index in [1.54, 1.807) is 13.4 Å². The Morgan fingerprint density at radius 2 is 1.93 bits per heavy atom. The number of fused-ring (bicyclic) bond motifs is 1. The second kappa shape index (κ2) is 8.12. The molecular formula is C23H21N3O3S. The van der Waals surface area contributed by atoms with E-state index in [1.165, 1.54) is 23.0 Å². The third-order valence-corrected chi connectivity index (χ3v) is 5.54. The number of aromatic nitrogens is 2. The van der Waals surface area contributed by atoms with E-state index in [1.807, 2.05) is 26.0 Å². The normalized spacial score (nSPS) is 11.7. The number of rotatable bonds is 5. The largest absolute Gasteiger partial charge is 0.496 e. The second-order valence-corrected chi connectivity index (χ2v) is 8.19. The third-order valence-electron chi connectivity index (χ3n) is 4.79. The van der Waals surface area contributed by atoms with Crippen LogP contribution in [0.5, 0.6) is 5.75 Å². The number of ether oxygens (including phenoxy) is 1. The van der Waals surface area contributed by atoms with Crippen molar-refractivity contribution in [3.05, 3.63) is 64.9 Å². The molecule has 2 heterocycles. The molecule has 0 aliphatic heterocycles. The maximum Gasteiger partial charge on any atom is 0.250 e. The lowest BCUT2D eigenvalue weighted by Gasteiger charge is -2.10. The lowest BCUT2D eigenvalue weighted by molar-refractivity contribution is -0.111. The molecule has 30 heavy (non-hydrogen) atoms. The highest BCUT2D eigenvalue weighted by Crippen LogP contribution is 2.37. The van der Waals surface area contributed by atoms with Gasteiger partial charge >= 0.3 is 0 Å². The van der Waals surface area contributed by atoms with Crippen molar-refractivity contribution >= 4 is 38.9 Å². The molecule has 152 valence electrons. The van der Waals surface area contributed by atoms with Gasteiger partial charge in [-0.1, -0.05) is 41.2 Å². The number of benzene rings is 2. The van der Waals surface area contributed by atoms with Gasteiger partial charge in [-0.15, -0.1) is 10.2 Å². The van der Waals surface area contributed by atoms with Crippen LogP contribution in [0.25, 0.3) is 27.7 Å². The summed E-state index contributed by atoms with van der Waals surface area (Å²) < 4.78 is 11.3. The van der Waals surface area contributed by atoms with Crippen LogP contribution in [-0.4, -0.2) is 23.2 Å². The van der Waals surface area contributed by atoms with E-state index in [0.717, 1.165) is 38.2 Å². The topological polar surface area (TPSA) is 77.2 Å². The molecule has 7 heteroatoms. The van der Waals surface area contributed by atoms with E-state index in [4.69, 9.17) is 9.15 Å². The van der Waals surface area contributed by atoms with Crippen LogP contribution in [0.2, 0.25) is 0 Å². The monoisotopic (exact) mass is 419 g/mol. The van der Waals surface area contributed by atoms with E-state index in [0.29, 0.717) is 10.9 Å². The molecule has 0 atom stereocenters. The lowest BCUT2D eigenvalue weighted by Crippen LogP contribution is -2.08. The van der Waals surface area contributed by atoms with Crippen molar-refractivity contribution in [2.45, 2.75) is 20.8 Å².